The number of nitrogens with zero attached hydrogens (tertiary/aromatic N) is 2. The van der Waals surface area contributed by atoms with Crippen LogP contribution < -0.4 is 15.8 Å². The van der Waals surface area contributed by atoms with E-state index in [1.54, 1.807) is 10.9 Å². The third-order valence-electron chi connectivity index (χ3n) is 7.28. The van der Waals surface area contributed by atoms with Crippen molar-refractivity contribution in [1.82, 2.24) is 9.78 Å². The number of rotatable bonds is 6. The molecule has 7 heteroatoms. The molecule has 4 bridgehead atoms. The van der Waals surface area contributed by atoms with Crippen LogP contribution in [-0.2, 0) is 11.8 Å². The van der Waals surface area contributed by atoms with Crippen LogP contribution in [0.15, 0.2) is 24.4 Å². The van der Waals surface area contributed by atoms with E-state index in [-0.39, 0.29) is 11.3 Å². The fraction of sp³-hybridized carbons (Fsp3) is 0.565. The van der Waals surface area contributed by atoms with Crippen molar-refractivity contribution in [3.05, 3.63) is 29.4 Å². The Morgan fingerprint density at radius 3 is 2.50 bits per heavy atom. The number of aromatic nitrogens is 2. The van der Waals surface area contributed by atoms with E-state index in [0.29, 0.717) is 23.9 Å². The summed E-state index contributed by atoms with van der Waals surface area (Å²) >= 11 is 6.40. The molecule has 4 aliphatic rings. The molecule has 0 radical (unpaired) electrons. The summed E-state index contributed by atoms with van der Waals surface area (Å²) in [5, 5.41) is 8.02. The lowest BCUT2D eigenvalue weighted by Crippen LogP contribution is -2.51. The van der Waals surface area contributed by atoms with Gasteiger partial charge in [0.25, 0.3) is 0 Å². The molecule has 0 spiro atoms. The van der Waals surface area contributed by atoms with E-state index in [9.17, 15) is 4.79 Å². The molecule has 1 aromatic heterocycles. The van der Waals surface area contributed by atoms with Gasteiger partial charge in [-0.05, 0) is 74.5 Å². The Morgan fingerprint density at radius 1 is 1.27 bits per heavy atom. The molecule has 4 saturated carbocycles. The molecule has 4 aliphatic carbocycles. The lowest BCUT2D eigenvalue weighted by Gasteiger charge is -2.55. The fourth-order valence-electron chi connectivity index (χ4n) is 6.45. The molecule has 3 N–H and O–H groups in total. The van der Waals surface area contributed by atoms with E-state index in [1.807, 2.05) is 25.2 Å². The Kier molecular flexibility index (Phi) is 5.02. The third-order valence-corrected chi connectivity index (χ3v) is 7.56. The van der Waals surface area contributed by atoms with Crippen LogP contribution in [0, 0.1) is 23.2 Å². The molecule has 6 nitrogen and oxygen atoms in total. The van der Waals surface area contributed by atoms with E-state index < -0.39 is 0 Å². The maximum absolute atomic E-state index is 13.5. The lowest BCUT2D eigenvalue weighted by atomic mass is 9.49. The summed E-state index contributed by atoms with van der Waals surface area (Å²) in [4.78, 5) is 13.5. The number of anilines is 1. The molecular weight excluding hydrogens is 400 g/mol. The molecule has 1 heterocycles. The average Bonchev–Trinajstić information content (AvgIpc) is 3.04. The van der Waals surface area contributed by atoms with E-state index in [4.69, 9.17) is 22.1 Å². The van der Waals surface area contributed by atoms with Crippen molar-refractivity contribution in [2.45, 2.75) is 38.5 Å². The monoisotopic (exact) mass is 428 g/mol. The Hall–Kier alpha value is -2.05. The molecule has 0 saturated heterocycles. The highest BCUT2D eigenvalue weighted by Gasteiger charge is 2.54. The summed E-state index contributed by atoms with van der Waals surface area (Å²) in [7, 11) is 1.84. The SMILES string of the molecule is Cn1ncc(Cl)c1-c1cc(NC(=O)C23CC4CC(CC(C4)C2)C3)ccc1OCCN. The number of nitrogens with two attached hydrogens (primary N) is 1. The molecule has 4 fully saturated rings. The van der Waals surface area contributed by atoms with Crippen molar-refractivity contribution >= 4 is 23.2 Å². The quantitative estimate of drug-likeness (QED) is 0.721. The van der Waals surface area contributed by atoms with Gasteiger partial charge in [0.1, 0.15) is 12.4 Å². The number of benzene rings is 1. The minimum absolute atomic E-state index is 0.180. The van der Waals surface area contributed by atoms with Gasteiger partial charge in [-0.25, -0.2) is 0 Å². The predicted molar refractivity (Wildman–Crippen MR) is 117 cm³/mol. The normalized spacial score (nSPS) is 29.2. The number of amides is 1. The van der Waals surface area contributed by atoms with Gasteiger partial charge in [-0.15, -0.1) is 0 Å². The van der Waals surface area contributed by atoms with Gasteiger partial charge < -0.3 is 15.8 Å². The summed E-state index contributed by atoms with van der Waals surface area (Å²) < 4.78 is 7.56. The maximum atomic E-state index is 13.5. The molecule has 0 unspecified atom stereocenters. The fourth-order valence-corrected chi connectivity index (χ4v) is 6.72. The van der Waals surface area contributed by atoms with Gasteiger partial charge in [0.2, 0.25) is 5.91 Å². The Morgan fingerprint density at radius 2 is 1.93 bits per heavy atom. The van der Waals surface area contributed by atoms with Gasteiger partial charge in [0.15, 0.2) is 0 Å². The molecule has 2 aromatic rings. The largest absolute Gasteiger partial charge is 0.492 e. The zero-order valence-corrected chi connectivity index (χ0v) is 18.1. The van der Waals surface area contributed by atoms with Crippen molar-refractivity contribution in [3.8, 4) is 17.0 Å². The highest BCUT2D eigenvalue weighted by Crippen LogP contribution is 2.60. The van der Waals surface area contributed by atoms with Gasteiger partial charge in [-0.3, -0.25) is 9.48 Å². The molecule has 6 rings (SSSR count). The van der Waals surface area contributed by atoms with Crippen molar-refractivity contribution in [2.24, 2.45) is 36.0 Å². The summed E-state index contributed by atoms with van der Waals surface area (Å²) in [5.41, 5.74) is 7.76. The van der Waals surface area contributed by atoms with E-state index in [2.05, 4.69) is 10.4 Å². The van der Waals surface area contributed by atoms with Crippen molar-refractivity contribution in [1.29, 1.82) is 0 Å². The van der Waals surface area contributed by atoms with Crippen molar-refractivity contribution < 1.29 is 9.53 Å². The maximum Gasteiger partial charge on any atom is 0.230 e. The highest BCUT2D eigenvalue weighted by molar-refractivity contribution is 6.33. The topological polar surface area (TPSA) is 82.2 Å². The number of hydrogen-bond acceptors (Lipinski definition) is 4. The molecule has 1 amide bonds. The van der Waals surface area contributed by atoms with E-state index in [0.717, 1.165) is 54.0 Å². The minimum Gasteiger partial charge on any atom is -0.492 e. The van der Waals surface area contributed by atoms with Gasteiger partial charge in [0, 0.05) is 24.8 Å². The summed E-state index contributed by atoms with van der Waals surface area (Å²) in [6, 6.07) is 5.72. The van der Waals surface area contributed by atoms with Gasteiger partial charge in [0.05, 0.1) is 22.3 Å². The molecule has 30 heavy (non-hydrogen) atoms. The van der Waals surface area contributed by atoms with Crippen LogP contribution in [0.1, 0.15) is 38.5 Å². The number of hydrogen-bond donors (Lipinski definition) is 2. The predicted octanol–water partition coefficient (Wildman–Crippen LogP) is 4.23. The first-order chi connectivity index (χ1) is 14.5. The Balaban J connectivity index is 1.44. The molecule has 1 aromatic carbocycles. The number of aryl methyl sites for hydroxylation is 1. The number of carbonyl (C=O) groups excluding carboxylic acids is 1. The van der Waals surface area contributed by atoms with Crippen LogP contribution in [0.3, 0.4) is 0 Å². The summed E-state index contributed by atoms with van der Waals surface area (Å²) in [6.07, 6.45) is 8.72. The van der Waals surface area contributed by atoms with Crippen molar-refractivity contribution in [3.63, 3.8) is 0 Å². The Bertz CT molecular complexity index is 915. The smallest absolute Gasteiger partial charge is 0.230 e. The standard InChI is InChI=1S/C23H29ClN4O2/c1-28-21(19(24)13-26-28)18-9-17(2-3-20(18)30-5-4-25)27-22(29)23-10-14-6-15(11-23)8-16(7-14)12-23/h2-3,9,13-16H,4-8,10-12,25H2,1H3,(H,27,29). The second-order valence-corrected chi connectivity index (χ2v) is 9.87. The second kappa shape index (κ2) is 7.57. The van der Waals surface area contributed by atoms with Gasteiger partial charge >= 0.3 is 0 Å². The number of carbonyl (C=O) groups is 1. The lowest BCUT2D eigenvalue weighted by molar-refractivity contribution is -0.140. The van der Waals surface area contributed by atoms with Crippen molar-refractivity contribution in [2.75, 3.05) is 18.5 Å². The zero-order valence-electron chi connectivity index (χ0n) is 17.4. The van der Waals surface area contributed by atoms with E-state index >= 15 is 0 Å². The third kappa shape index (κ3) is 3.40. The number of halogens is 1. The zero-order chi connectivity index (χ0) is 20.9. The van der Waals surface area contributed by atoms with E-state index in [1.165, 1.54) is 19.3 Å². The Labute approximate surface area is 182 Å². The highest BCUT2D eigenvalue weighted by atomic mass is 35.5. The van der Waals surface area contributed by atoms with Gasteiger partial charge in [-0.2, -0.15) is 5.10 Å². The first kappa shape index (κ1) is 19.9. The minimum atomic E-state index is -0.187. The number of nitrogens with one attached hydrogen (secondary N) is 1. The number of ether oxygens (including phenoxy) is 1. The molecule has 0 atom stereocenters. The molecular formula is C23H29ClN4O2. The van der Waals surface area contributed by atoms with Crippen LogP contribution >= 0.6 is 11.6 Å². The van der Waals surface area contributed by atoms with Crippen LogP contribution in [0.5, 0.6) is 5.75 Å². The first-order valence-corrected chi connectivity index (χ1v) is 11.3. The van der Waals surface area contributed by atoms with Crippen LogP contribution in [-0.4, -0.2) is 28.8 Å². The second-order valence-electron chi connectivity index (χ2n) is 9.46. The first-order valence-electron chi connectivity index (χ1n) is 10.9. The summed E-state index contributed by atoms with van der Waals surface area (Å²) in [5.74, 6) is 3.06. The molecule has 160 valence electrons. The van der Waals surface area contributed by atoms with Crippen LogP contribution in [0.4, 0.5) is 5.69 Å². The summed E-state index contributed by atoms with van der Waals surface area (Å²) in [6.45, 7) is 0.824. The van der Waals surface area contributed by atoms with Crippen LogP contribution in [0.2, 0.25) is 5.02 Å². The van der Waals surface area contributed by atoms with Crippen LogP contribution in [0.25, 0.3) is 11.3 Å². The molecule has 0 aliphatic heterocycles. The average molecular weight is 429 g/mol. The van der Waals surface area contributed by atoms with Gasteiger partial charge in [-0.1, -0.05) is 11.6 Å².